The van der Waals surface area contributed by atoms with E-state index in [1.54, 1.807) is 18.0 Å². The number of benzene rings is 2. The molecular formula is C27H32N6OS. The molecule has 182 valence electrons. The van der Waals surface area contributed by atoms with Crippen LogP contribution in [0.1, 0.15) is 26.3 Å². The van der Waals surface area contributed by atoms with E-state index in [0.717, 1.165) is 45.4 Å². The fraction of sp³-hybridized carbons (Fsp3) is 0.333. The van der Waals surface area contributed by atoms with Gasteiger partial charge in [-0.1, -0.05) is 87.1 Å². The minimum absolute atomic E-state index is 0.00920. The molecule has 2 aromatic heterocycles. The maximum atomic E-state index is 12.5. The third kappa shape index (κ3) is 6.60. The van der Waals surface area contributed by atoms with Crippen LogP contribution in [0.2, 0.25) is 0 Å². The Hall–Kier alpha value is -3.39. The van der Waals surface area contributed by atoms with Gasteiger partial charge in [0.15, 0.2) is 10.8 Å². The molecule has 4 rings (SSSR count). The molecule has 0 aliphatic heterocycles. The molecular weight excluding hydrogens is 456 g/mol. The lowest BCUT2D eigenvalue weighted by molar-refractivity contribution is -0.120. The molecule has 0 aliphatic rings. The van der Waals surface area contributed by atoms with E-state index in [9.17, 15) is 4.79 Å². The lowest BCUT2D eigenvalue weighted by Crippen LogP contribution is -2.28. The van der Waals surface area contributed by atoms with Crippen molar-refractivity contribution < 1.29 is 4.79 Å². The first-order valence-corrected chi connectivity index (χ1v) is 13.0. The summed E-state index contributed by atoms with van der Waals surface area (Å²) in [4.78, 5) is 21.9. The first-order valence-electron chi connectivity index (χ1n) is 12.0. The van der Waals surface area contributed by atoms with E-state index in [4.69, 9.17) is 4.98 Å². The predicted molar refractivity (Wildman–Crippen MR) is 144 cm³/mol. The highest BCUT2D eigenvalue weighted by atomic mass is 32.2. The number of amides is 1. The Kier molecular flexibility index (Phi) is 8.36. The van der Waals surface area contributed by atoms with E-state index in [2.05, 4.69) is 65.8 Å². The number of aromatic nitrogens is 4. The molecule has 4 aromatic rings. The van der Waals surface area contributed by atoms with Gasteiger partial charge in [0, 0.05) is 13.1 Å². The van der Waals surface area contributed by atoms with E-state index in [0.29, 0.717) is 25.4 Å². The second-order valence-corrected chi connectivity index (χ2v) is 9.99. The van der Waals surface area contributed by atoms with Crippen LogP contribution < -0.4 is 10.6 Å². The highest BCUT2D eigenvalue weighted by molar-refractivity contribution is 7.99. The summed E-state index contributed by atoms with van der Waals surface area (Å²) in [6.45, 7) is 8.26. The average Bonchev–Trinajstić information content (AvgIpc) is 3.27. The second-order valence-electron chi connectivity index (χ2n) is 8.76. The summed E-state index contributed by atoms with van der Waals surface area (Å²) in [7, 11) is 0. The lowest BCUT2D eigenvalue weighted by Gasteiger charge is -2.11. The highest BCUT2D eigenvalue weighted by Crippen LogP contribution is 2.24. The monoisotopic (exact) mass is 488 g/mol. The second kappa shape index (κ2) is 11.8. The predicted octanol–water partition coefficient (Wildman–Crippen LogP) is 5.03. The molecule has 0 unspecified atom stereocenters. The van der Waals surface area contributed by atoms with Crippen molar-refractivity contribution in [2.45, 2.75) is 38.9 Å². The topological polar surface area (TPSA) is 84.7 Å². The highest BCUT2D eigenvalue weighted by Gasteiger charge is 2.14. The molecule has 0 bridgehead atoms. The Labute approximate surface area is 210 Å². The first-order chi connectivity index (χ1) is 17.0. The van der Waals surface area contributed by atoms with Crippen molar-refractivity contribution in [2.24, 2.45) is 5.92 Å². The van der Waals surface area contributed by atoms with Gasteiger partial charge >= 0.3 is 0 Å². The van der Waals surface area contributed by atoms with Crippen LogP contribution in [0.5, 0.6) is 0 Å². The molecule has 2 heterocycles. The van der Waals surface area contributed by atoms with Crippen LogP contribution in [0.25, 0.3) is 22.2 Å². The van der Waals surface area contributed by atoms with Gasteiger partial charge in [-0.05, 0) is 28.4 Å². The van der Waals surface area contributed by atoms with Crippen molar-refractivity contribution in [3.8, 4) is 11.1 Å². The lowest BCUT2D eigenvalue weighted by atomic mass is 10.0. The van der Waals surface area contributed by atoms with Crippen molar-refractivity contribution >= 4 is 34.5 Å². The fourth-order valence-electron chi connectivity index (χ4n) is 3.72. The summed E-state index contributed by atoms with van der Waals surface area (Å²) in [5.41, 5.74) is 4.08. The van der Waals surface area contributed by atoms with Crippen molar-refractivity contribution in [1.29, 1.82) is 0 Å². The van der Waals surface area contributed by atoms with E-state index in [1.807, 2.05) is 35.0 Å². The summed E-state index contributed by atoms with van der Waals surface area (Å²) in [5, 5.41) is 12.6. The number of thioether (sulfide) groups is 1. The summed E-state index contributed by atoms with van der Waals surface area (Å²) in [5.74, 6) is 2.20. The van der Waals surface area contributed by atoms with Crippen LogP contribution in [0.15, 0.2) is 66.0 Å². The zero-order valence-electron chi connectivity index (χ0n) is 20.5. The Morgan fingerprint density at radius 1 is 1.03 bits per heavy atom. The van der Waals surface area contributed by atoms with Gasteiger partial charge in [0.25, 0.3) is 0 Å². The molecule has 0 atom stereocenters. The van der Waals surface area contributed by atoms with Gasteiger partial charge in [0.05, 0.1) is 24.5 Å². The Balaban J connectivity index is 1.36. The third-order valence-corrected chi connectivity index (χ3v) is 6.23. The van der Waals surface area contributed by atoms with Gasteiger partial charge in [-0.3, -0.25) is 4.79 Å². The third-order valence-electron chi connectivity index (χ3n) is 5.50. The van der Waals surface area contributed by atoms with Gasteiger partial charge in [-0.2, -0.15) is 5.10 Å². The van der Waals surface area contributed by atoms with E-state index < -0.39 is 0 Å². The van der Waals surface area contributed by atoms with Gasteiger partial charge in [-0.15, -0.1) is 0 Å². The number of rotatable bonds is 11. The number of hydrogen-bond donors (Lipinski definition) is 2. The molecule has 0 saturated carbocycles. The fourth-order valence-corrected chi connectivity index (χ4v) is 4.29. The first kappa shape index (κ1) is 24.7. The standard InChI is InChI=1S/C27H32N6OS/c1-4-35-27-31-25(29-17-19(2)3)23-18-30-33(26(23)32-27)15-14-28-24(34)16-20-10-12-22(13-11-20)21-8-6-5-7-9-21/h5-13,18-19H,4,14-17H2,1-3H3,(H,28,34)(H,29,31,32). The van der Waals surface area contributed by atoms with Crippen molar-refractivity contribution in [2.75, 3.05) is 24.2 Å². The molecule has 7 nitrogen and oxygen atoms in total. The van der Waals surface area contributed by atoms with Crippen LogP contribution in [0, 0.1) is 5.92 Å². The number of anilines is 1. The molecule has 35 heavy (non-hydrogen) atoms. The van der Waals surface area contributed by atoms with Gasteiger partial charge in [-0.25, -0.2) is 14.6 Å². The van der Waals surface area contributed by atoms with Gasteiger partial charge in [0.2, 0.25) is 5.91 Å². The van der Waals surface area contributed by atoms with Crippen molar-refractivity contribution in [3.05, 3.63) is 66.4 Å². The quantitative estimate of drug-likeness (QED) is 0.227. The largest absolute Gasteiger partial charge is 0.369 e. The summed E-state index contributed by atoms with van der Waals surface area (Å²) in [6, 6.07) is 18.4. The molecule has 8 heteroatoms. The van der Waals surface area contributed by atoms with Gasteiger partial charge < -0.3 is 10.6 Å². The van der Waals surface area contributed by atoms with Gasteiger partial charge in [0.1, 0.15) is 5.82 Å². The average molecular weight is 489 g/mol. The molecule has 1 amide bonds. The molecule has 0 radical (unpaired) electrons. The summed E-state index contributed by atoms with van der Waals surface area (Å²) >= 11 is 1.61. The van der Waals surface area contributed by atoms with Crippen LogP contribution in [0.3, 0.4) is 0 Å². The Bertz CT molecular complexity index is 1250. The molecule has 0 fully saturated rings. The van der Waals surface area contributed by atoms with Crippen LogP contribution in [-0.2, 0) is 17.8 Å². The smallest absolute Gasteiger partial charge is 0.224 e. The molecule has 2 N–H and O–H groups in total. The molecule has 2 aromatic carbocycles. The van der Waals surface area contributed by atoms with Crippen molar-refractivity contribution in [1.82, 2.24) is 25.1 Å². The van der Waals surface area contributed by atoms with Crippen LogP contribution in [-0.4, -0.2) is 44.5 Å². The maximum Gasteiger partial charge on any atom is 0.224 e. The number of carbonyl (C=O) groups is 1. The Morgan fingerprint density at radius 3 is 2.49 bits per heavy atom. The molecule has 0 saturated heterocycles. The summed E-state index contributed by atoms with van der Waals surface area (Å²) in [6.07, 6.45) is 2.14. The van der Waals surface area contributed by atoms with E-state index in [-0.39, 0.29) is 5.91 Å². The number of fused-ring (bicyclic) bond motifs is 1. The summed E-state index contributed by atoms with van der Waals surface area (Å²) < 4.78 is 1.84. The van der Waals surface area contributed by atoms with Crippen molar-refractivity contribution in [3.63, 3.8) is 0 Å². The zero-order chi connectivity index (χ0) is 24.6. The van der Waals surface area contributed by atoms with Crippen LogP contribution >= 0.6 is 11.8 Å². The molecule has 0 spiro atoms. The maximum absolute atomic E-state index is 12.5. The number of nitrogens with one attached hydrogen (secondary N) is 2. The SMILES string of the molecule is CCSc1nc(NCC(C)C)c2cnn(CCNC(=O)Cc3ccc(-c4ccccc4)cc3)c2n1. The minimum Gasteiger partial charge on any atom is -0.369 e. The van der Waals surface area contributed by atoms with E-state index >= 15 is 0 Å². The van der Waals surface area contributed by atoms with E-state index in [1.165, 1.54) is 5.56 Å². The normalized spacial score (nSPS) is 11.2. The zero-order valence-corrected chi connectivity index (χ0v) is 21.3. The number of nitrogens with zero attached hydrogens (tertiary/aromatic N) is 4. The minimum atomic E-state index is -0.00920. The number of carbonyl (C=O) groups excluding carboxylic acids is 1. The molecule has 0 aliphatic carbocycles. The van der Waals surface area contributed by atoms with Crippen LogP contribution in [0.4, 0.5) is 5.82 Å². The number of hydrogen-bond acceptors (Lipinski definition) is 6. The Morgan fingerprint density at radius 2 is 1.77 bits per heavy atom.